The zero-order chi connectivity index (χ0) is 18.0. The van der Waals surface area contributed by atoms with Gasteiger partial charge in [-0.15, -0.1) is 24.8 Å². The number of rotatable bonds is 3. The van der Waals surface area contributed by atoms with Crippen molar-refractivity contribution in [2.45, 2.75) is 63.6 Å². The molecular formula is C20H33Cl2N3O2. The third-order valence-electron chi connectivity index (χ3n) is 5.36. The Hall–Kier alpha value is -1.01. The van der Waals surface area contributed by atoms with Crippen molar-refractivity contribution in [2.24, 2.45) is 0 Å². The van der Waals surface area contributed by atoms with Crippen molar-refractivity contribution in [1.82, 2.24) is 10.6 Å². The van der Waals surface area contributed by atoms with Crippen LogP contribution in [0.15, 0.2) is 24.3 Å². The number of hydrogen-bond donors (Lipinski definition) is 3. The predicted molar refractivity (Wildman–Crippen MR) is 115 cm³/mol. The van der Waals surface area contributed by atoms with Gasteiger partial charge in [0.1, 0.15) is 0 Å². The molecule has 2 saturated heterocycles. The first-order valence-electron chi connectivity index (χ1n) is 9.40. The summed E-state index contributed by atoms with van der Waals surface area (Å²) in [5, 5.41) is 15.8. The molecule has 5 nitrogen and oxygen atoms in total. The van der Waals surface area contributed by atoms with E-state index in [0.29, 0.717) is 13.0 Å². The third kappa shape index (κ3) is 6.24. The summed E-state index contributed by atoms with van der Waals surface area (Å²) < 4.78 is 0. The molecule has 3 N–H and O–H groups in total. The predicted octanol–water partition coefficient (Wildman–Crippen LogP) is 2.64. The number of carbonyl (C=O) groups excluding carboxylic acids is 1. The summed E-state index contributed by atoms with van der Waals surface area (Å²) in [4.78, 5) is 14.6. The minimum atomic E-state index is -0.395. The lowest BCUT2D eigenvalue weighted by atomic mass is 9.87. The molecule has 7 heteroatoms. The highest BCUT2D eigenvalue weighted by Gasteiger charge is 2.30. The molecule has 2 atom stereocenters. The monoisotopic (exact) mass is 417 g/mol. The molecule has 154 valence electrons. The van der Waals surface area contributed by atoms with Crippen molar-refractivity contribution in [1.29, 1.82) is 0 Å². The molecular weight excluding hydrogens is 385 g/mol. The molecule has 2 aliphatic heterocycles. The molecule has 1 aromatic rings. The summed E-state index contributed by atoms with van der Waals surface area (Å²) in [7, 11) is 0. The zero-order valence-corrected chi connectivity index (χ0v) is 18.0. The van der Waals surface area contributed by atoms with Crippen LogP contribution in [0.1, 0.15) is 45.6 Å². The Labute approximate surface area is 175 Å². The average Bonchev–Trinajstić information content (AvgIpc) is 3.02. The zero-order valence-electron chi connectivity index (χ0n) is 16.4. The number of amides is 1. The SMILES string of the molecule is CC(C)(C)c1ccc(N2CCC(NC(=O)C3CC(O)CN3)CC2)cc1.Cl.Cl. The Kier molecular flexibility index (Phi) is 8.87. The quantitative estimate of drug-likeness (QED) is 0.706. The number of carbonyl (C=O) groups is 1. The van der Waals surface area contributed by atoms with E-state index in [1.807, 2.05) is 0 Å². The van der Waals surface area contributed by atoms with Crippen LogP contribution < -0.4 is 15.5 Å². The number of aliphatic hydroxyl groups is 1. The Morgan fingerprint density at radius 1 is 1.15 bits per heavy atom. The number of nitrogens with one attached hydrogen (secondary N) is 2. The van der Waals surface area contributed by atoms with E-state index in [2.05, 4.69) is 60.6 Å². The smallest absolute Gasteiger partial charge is 0.237 e. The molecule has 27 heavy (non-hydrogen) atoms. The molecule has 2 heterocycles. The van der Waals surface area contributed by atoms with Gasteiger partial charge in [-0.1, -0.05) is 32.9 Å². The fourth-order valence-electron chi connectivity index (χ4n) is 3.67. The topological polar surface area (TPSA) is 64.6 Å². The van der Waals surface area contributed by atoms with Gasteiger partial charge in [-0.05, 0) is 42.4 Å². The fraction of sp³-hybridized carbons (Fsp3) is 0.650. The molecule has 2 aliphatic rings. The number of benzene rings is 1. The van der Waals surface area contributed by atoms with Gasteiger partial charge < -0.3 is 20.6 Å². The number of β-amino-alcohol motifs (C(OH)–C–C–N with tert-alkyl or cyclic N) is 1. The van der Waals surface area contributed by atoms with Crippen molar-refractivity contribution >= 4 is 36.4 Å². The van der Waals surface area contributed by atoms with E-state index in [1.54, 1.807) is 0 Å². The second kappa shape index (κ2) is 9.97. The third-order valence-corrected chi connectivity index (χ3v) is 5.36. The maximum absolute atomic E-state index is 12.2. The van der Waals surface area contributed by atoms with Gasteiger partial charge in [-0.3, -0.25) is 4.79 Å². The molecule has 0 aromatic heterocycles. The number of halogens is 2. The molecule has 3 rings (SSSR count). The Morgan fingerprint density at radius 3 is 2.22 bits per heavy atom. The minimum absolute atomic E-state index is 0. The van der Waals surface area contributed by atoms with Crippen LogP contribution in [0.2, 0.25) is 0 Å². The molecule has 1 amide bonds. The summed E-state index contributed by atoms with van der Waals surface area (Å²) >= 11 is 0. The lowest BCUT2D eigenvalue weighted by molar-refractivity contribution is -0.123. The first-order chi connectivity index (χ1) is 11.8. The molecule has 0 saturated carbocycles. The summed E-state index contributed by atoms with van der Waals surface area (Å²) in [5.74, 6) is 0.0320. The van der Waals surface area contributed by atoms with Gasteiger partial charge in [0.25, 0.3) is 0 Å². The van der Waals surface area contributed by atoms with E-state index in [0.717, 1.165) is 25.9 Å². The van der Waals surface area contributed by atoms with Crippen LogP contribution in [0.4, 0.5) is 5.69 Å². The normalized spacial score (nSPS) is 23.3. The van der Waals surface area contributed by atoms with Crippen LogP contribution in [0.5, 0.6) is 0 Å². The maximum atomic E-state index is 12.2. The van der Waals surface area contributed by atoms with Crippen LogP contribution in [0.25, 0.3) is 0 Å². The van der Waals surface area contributed by atoms with Gasteiger partial charge in [-0.2, -0.15) is 0 Å². The summed E-state index contributed by atoms with van der Waals surface area (Å²) in [6, 6.07) is 8.86. The summed E-state index contributed by atoms with van der Waals surface area (Å²) in [5.41, 5.74) is 2.79. The van der Waals surface area contributed by atoms with Gasteiger partial charge in [0, 0.05) is 31.4 Å². The van der Waals surface area contributed by atoms with Gasteiger partial charge in [0.2, 0.25) is 5.91 Å². The van der Waals surface area contributed by atoms with Crippen LogP contribution in [-0.2, 0) is 10.2 Å². The second-order valence-corrected chi connectivity index (χ2v) is 8.42. The van der Waals surface area contributed by atoms with Crippen LogP contribution >= 0.6 is 24.8 Å². The number of piperidine rings is 1. The van der Waals surface area contributed by atoms with E-state index >= 15 is 0 Å². The van der Waals surface area contributed by atoms with Gasteiger partial charge >= 0.3 is 0 Å². The van der Waals surface area contributed by atoms with Gasteiger partial charge in [-0.25, -0.2) is 0 Å². The second-order valence-electron chi connectivity index (χ2n) is 8.42. The van der Waals surface area contributed by atoms with Crippen molar-refractivity contribution in [3.05, 3.63) is 29.8 Å². The number of anilines is 1. The standard InChI is InChI=1S/C20H31N3O2.2ClH/c1-20(2,3)14-4-6-16(7-5-14)23-10-8-15(9-11-23)22-19(25)18-12-17(24)13-21-18;;/h4-7,15,17-18,21,24H,8-13H2,1-3H3,(H,22,25);2*1H. The minimum Gasteiger partial charge on any atom is -0.392 e. The molecule has 2 fully saturated rings. The van der Waals surface area contributed by atoms with E-state index in [-0.39, 0.29) is 48.2 Å². The number of aliphatic hydroxyl groups excluding tert-OH is 1. The van der Waals surface area contributed by atoms with Crippen LogP contribution in [0.3, 0.4) is 0 Å². The van der Waals surface area contributed by atoms with Gasteiger partial charge in [0.05, 0.1) is 12.1 Å². The van der Waals surface area contributed by atoms with Crippen molar-refractivity contribution in [3.63, 3.8) is 0 Å². The first kappa shape index (κ1) is 24.0. The van der Waals surface area contributed by atoms with E-state index in [9.17, 15) is 9.90 Å². The molecule has 0 radical (unpaired) electrons. The molecule has 0 bridgehead atoms. The molecule has 0 spiro atoms. The lowest BCUT2D eigenvalue weighted by Crippen LogP contribution is -2.49. The molecule has 1 aromatic carbocycles. The van der Waals surface area contributed by atoms with Crippen LogP contribution in [-0.4, -0.2) is 48.8 Å². The summed E-state index contributed by atoms with van der Waals surface area (Å²) in [6.07, 6.45) is 2.04. The van der Waals surface area contributed by atoms with Crippen molar-refractivity contribution in [2.75, 3.05) is 24.5 Å². The number of hydrogen-bond acceptors (Lipinski definition) is 4. The van der Waals surface area contributed by atoms with Crippen molar-refractivity contribution in [3.8, 4) is 0 Å². The highest BCUT2D eigenvalue weighted by Crippen LogP contribution is 2.26. The Balaban J connectivity index is 0.00000182. The molecule has 0 aliphatic carbocycles. The summed E-state index contributed by atoms with van der Waals surface area (Å²) in [6.45, 7) is 9.12. The van der Waals surface area contributed by atoms with E-state index in [4.69, 9.17) is 0 Å². The first-order valence-corrected chi connectivity index (χ1v) is 9.40. The Bertz CT molecular complexity index is 596. The van der Waals surface area contributed by atoms with Crippen LogP contribution in [0, 0.1) is 0 Å². The number of nitrogens with zero attached hydrogens (tertiary/aromatic N) is 1. The lowest BCUT2D eigenvalue weighted by Gasteiger charge is -2.34. The Morgan fingerprint density at radius 2 is 1.74 bits per heavy atom. The highest BCUT2D eigenvalue weighted by atomic mass is 35.5. The van der Waals surface area contributed by atoms with Gasteiger partial charge in [0.15, 0.2) is 0 Å². The van der Waals surface area contributed by atoms with E-state index < -0.39 is 6.10 Å². The fourth-order valence-corrected chi connectivity index (χ4v) is 3.67. The average molecular weight is 418 g/mol. The molecule has 2 unspecified atom stereocenters. The van der Waals surface area contributed by atoms with Crippen molar-refractivity contribution < 1.29 is 9.90 Å². The maximum Gasteiger partial charge on any atom is 0.237 e. The van der Waals surface area contributed by atoms with E-state index in [1.165, 1.54) is 11.3 Å². The largest absolute Gasteiger partial charge is 0.392 e. The highest BCUT2D eigenvalue weighted by molar-refractivity contribution is 5.85.